The number of aryl methyl sites for hydroxylation is 1. The van der Waals surface area contributed by atoms with E-state index in [0.29, 0.717) is 30.5 Å². The Morgan fingerprint density at radius 1 is 1.19 bits per heavy atom. The Bertz CT molecular complexity index is 1180. The molecule has 2 heterocycles. The number of nitrogens with zero attached hydrogens (tertiary/aromatic N) is 4. The van der Waals surface area contributed by atoms with Gasteiger partial charge in [0.05, 0.1) is 24.7 Å². The van der Waals surface area contributed by atoms with E-state index < -0.39 is 0 Å². The number of rotatable bonds is 8. The van der Waals surface area contributed by atoms with Crippen LogP contribution >= 0.6 is 0 Å². The van der Waals surface area contributed by atoms with E-state index in [-0.39, 0.29) is 11.9 Å². The largest absolute Gasteiger partial charge is 0.493 e. The summed E-state index contributed by atoms with van der Waals surface area (Å²) in [6, 6.07) is 13.6. The van der Waals surface area contributed by atoms with Crippen LogP contribution in [0.3, 0.4) is 0 Å². The fourth-order valence-electron chi connectivity index (χ4n) is 3.12. The smallest absolute Gasteiger partial charge is 0.225 e. The minimum absolute atomic E-state index is 0.0174. The molecule has 1 amide bonds. The molecule has 160 valence electrons. The summed E-state index contributed by atoms with van der Waals surface area (Å²) in [5.74, 6) is 1.92. The molecule has 9 heteroatoms. The van der Waals surface area contributed by atoms with Gasteiger partial charge in [-0.3, -0.25) is 9.89 Å². The highest BCUT2D eigenvalue weighted by atomic mass is 16.5. The first kappa shape index (κ1) is 20.4. The number of nitrogens with one attached hydrogen (secondary N) is 3. The van der Waals surface area contributed by atoms with E-state index in [1.165, 1.54) is 0 Å². The molecule has 4 aromatic rings. The Kier molecular flexibility index (Phi) is 5.83. The van der Waals surface area contributed by atoms with Crippen molar-refractivity contribution in [2.75, 3.05) is 11.9 Å². The van der Waals surface area contributed by atoms with Crippen LogP contribution in [-0.2, 0) is 11.8 Å². The summed E-state index contributed by atoms with van der Waals surface area (Å²) in [5, 5.41) is 18.6. The highest BCUT2D eigenvalue weighted by Crippen LogP contribution is 2.24. The van der Waals surface area contributed by atoms with Gasteiger partial charge in [-0.1, -0.05) is 0 Å². The Hall–Kier alpha value is -3.88. The Morgan fingerprint density at radius 3 is 2.77 bits per heavy atom. The summed E-state index contributed by atoms with van der Waals surface area (Å²) in [6.45, 7) is 4.19. The normalized spacial score (nSPS) is 11.1. The van der Waals surface area contributed by atoms with Gasteiger partial charge >= 0.3 is 0 Å². The highest BCUT2D eigenvalue weighted by Gasteiger charge is 2.11. The van der Waals surface area contributed by atoms with Crippen LogP contribution in [0.5, 0.6) is 5.75 Å². The zero-order valence-electron chi connectivity index (χ0n) is 17.7. The minimum Gasteiger partial charge on any atom is -0.493 e. The lowest BCUT2D eigenvalue weighted by Gasteiger charge is -2.09. The summed E-state index contributed by atoms with van der Waals surface area (Å²) in [4.78, 5) is 16.3. The van der Waals surface area contributed by atoms with E-state index in [1.807, 2.05) is 63.4 Å². The quantitative estimate of drug-likeness (QED) is 0.404. The number of fused-ring (bicyclic) bond motifs is 1. The van der Waals surface area contributed by atoms with E-state index >= 15 is 0 Å². The van der Waals surface area contributed by atoms with Crippen molar-refractivity contribution in [2.45, 2.75) is 26.3 Å². The van der Waals surface area contributed by atoms with Crippen molar-refractivity contribution in [1.82, 2.24) is 30.3 Å². The first-order chi connectivity index (χ1) is 15.0. The maximum absolute atomic E-state index is 11.7. The van der Waals surface area contributed by atoms with Crippen LogP contribution in [-0.4, -0.2) is 43.5 Å². The molecule has 0 saturated carbocycles. The summed E-state index contributed by atoms with van der Waals surface area (Å²) in [5.41, 5.74) is 2.76. The SMILES string of the molecule is CC(C)NC(=O)CCOc1ccc(-c2nc(Nc3ccc4[nH]ncc4c3)n(C)n2)cc1. The van der Waals surface area contributed by atoms with Gasteiger partial charge in [0.2, 0.25) is 11.9 Å². The van der Waals surface area contributed by atoms with Crippen LogP contribution in [0.15, 0.2) is 48.7 Å². The molecular formula is C22H25N7O2. The van der Waals surface area contributed by atoms with Crippen molar-refractivity contribution in [1.29, 1.82) is 0 Å². The van der Waals surface area contributed by atoms with E-state index in [0.717, 1.165) is 22.2 Å². The molecule has 0 aliphatic rings. The van der Waals surface area contributed by atoms with Crippen LogP contribution in [0.4, 0.5) is 11.6 Å². The van der Waals surface area contributed by atoms with Gasteiger partial charge in [0.25, 0.3) is 0 Å². The molecule has 4 rings (SSSR count). The number of ether oxygens (including phenoxy) is 1. The number of carbonyl (C=O) groups is 1. The highest BCUT2D eigenvalue weighted by molar-refractivity contribution is 5.82. The lowest BCUT2D eigenvalue weighted by Crippen LogP contribution is -2.31. The standard InChI is InChI=1S/C22H25N7O2/c1-14(2)24-20(30)10-11-31-18-7-4-15(5-8-18)21-26-22(29(3)28-21)25-17-6-9-19-16(12-17)13-23-27-19/h4-9,12-14H,10-11H2,1-3H3,(H,23,27)(H,24,30)(H,25,26,28). The third-order valence-electron chi connectivity index (χ3n) is 4.62. The van der Waals surface area contributed by atoms with Gasteiger partial charge in [-0.2, -0.15) is 10.1 Å². The second-order valence-corrected chi connectivity index (χ2v) is 7.52. The van der Waals surface area contributed by atoms with Crippen molar-refractivity contribution in [2.24, 2.45) is 7.05 Å². The van der Waals surface area contributed by atoms with Crippen molar-refractivity contribution >= 4 is 28.4 Å². The average molecular weight is 419 g/mol. The van der Waals surface area contributed by atoms with Crippen LogP contribution in [0, 0.1) is 0 Å². The number of anilines is 2. The molecule has 0 bridgehead atoms. The molecule has 9 nitrogen and oxygen atoms in total. The van der Waals surface area contributed by atoms with Crippen LogP contribution in [0.25, 0.3) is 22.3 Å². The number of H-pyrrole nitrogens is 1. The van der Waals surface area contributed by atoms with E-state index in [9.17, 15) is 4.79 Å². The molecule has 0 atom stereocenters. The van der Waals surface area contributed by atoms with Gasteiger partial charge in [0, 0.05) is 29.7 Å². The third kappa shape index (κ3) is 5.00. The molecule has 2 aromatic heterocycles. The second kappa shape index (κ2) is 8.86. The summed E-state index contributed by atoms with van der Waals surface area (Å²) in [6.07, 6.45) is 2.10. The van der Waals surface area contributed by atoms with Gasteiger partial charge in [0.1, 0.15) is 5.75 Å². The van der Waals surface area contributed by atoms with E-state index in [1.54, 1.807) is 10.9 Å². The summed E-state index contributed by atoms with van der Waals surface area (Å²) < 4.78 is 7.36. The lowest BCUT2D eigenvalue weighted by molar-refractivity contribution is -0.122. The molecule has 0 radical (unpaired) electrons. The molecule has 0 unspecified atom stereocenters. The first-order valence-electron chi connectivity index (χ1n) is 10.1. The molecule has 0 spiro atoms. The Morgan fingerprint density at radius 2 is 2.00 bits per heavy atom. The predicted octanol–water partition coefficient (Wildman–Crippen LogP) is 3.40. The fraction of sp³-hybridized carbons (Fsp3) is 0.273. The number of aromatic nitrogens is 5. The fourth-order valence-corrected chi connectivity index (χ4v) is 3.12. The van der Waals surface area contributed by atoms with Crippen molar-refractivity contribution < 1.29 is 9.53 Å². The van der Waals surface area contributed by atoms with Gasteiger partial charge in [0.15, 0.2) is 5.82 Å². The third-order valence-corrected chi connectivity index (χ3v) is 4.62. The summed E-state index contributed by atoms with van der Waals surface area (Å²) in [7, 11) is 1.84. The first-order valence-corrected chi connectivity index (χ1v) is 10.1. The van der Waals surface area contributed by atoms with Gasteiger partial charge in [-0.15, -0.1) is 5.10 Å². The molecular weight excluding hydrogens is 394 g/mol. The predicted molar refractivity (Wildman–Crippen MR) is 119 cm³/mol. The number of hydrogen-bond donors (Lipinski definition) is 3. The molecule has 31 heavy (non-hydrogen) atoms. The maximum Gasteiger partial charge on any atom is 0.225 e. The number of benzene rings is 2. The van der Waals surface area contributed by atoms with Crippen molar-refractivity contribution in [3.8, 4) is 17.1 Å². The molecule has 0 fully saturated rings. The lowest BCUT2D eigenvalue weighted by atomic mass is 10.2. The number of hydrogen-bond acceptors (Lipinski definition) is 6. The van der Waals surface area contributed by atoms with Crippen molar-refractivity contribution in [3.63, 3.8) is 0 Å². The number of aromatic amines is 1. The Labute approximate surface area is 179 Å². The zero-order chi connectivity index (χ0) is 21.8. The number of carbonyl (C=O) groups excluding carboxylic acids is 1. The van der Waals surface area contributed by atoms with Crippen molar-refractivity contribution in [3.05, 3.63) is 48.7 Å². The topological polar surface area (TPSA) is 110 Å². The van der Waals surface area contributed by atoms with E-state index in [2.05, 4.69) is 30.9 Å². The van der Waals surface area contributed by atoms with Gasteiger partial charge in [-0.25, -0.2) is 4.68 Å². The molecule has 0 aliphatic carbocycles. The second-order valence-electron chi connectivity index (χ2n) is 7.52. The molecule has 2 aromatic carbocycles. The molecule has 0 saturated heterocycles. The summed E-state index contributed by atoms with van der Waals surface area (Å²) >= 11 is 0. The monoisotopic (exact) mass is 419 g/mol. The average Bonchev–Trinajstić information content (AvgIpc) is 3.34. The van der Waals surface area contributed by atoms with Crippen LogP contribution in [0.1, 0.15) is 20.3 Å². The van der Waals surface area contributed by atoms with Gasteiger partial charge < -0.3 is 15.4 Å². The molecule has 0 aliphatic heterocycles. The maximum atomic E-state index is 11.7. The van der Waals surface area contributed by atoms with Crippen LogP contribution < -0.4 is 15.4 Å². The van der Waals surface area contributed by atoms with Crippen LogP contribution in [0.2, 0.25) is 0 Å². The minimum atomic E-state index is -0.0174. The Balaban J connectivity index is 1.39. The van der Waals surface area contributed by atoms with E-state index in [4.69, 9.17) is 4.74 Å². The molecule has 3 N–H and O–H groups in total. The zero-order valence-corrected chi connectivity index (χ0v) is 17.7. The van der Waals surface area contributed by atoms with Gasteiger partial charge in [-0.05, 0) is 56.3 Å². The number of amides is 1.